The van der Waals surface area contributed by atoms with Gasteiger partial charge in [-0.15, -0.1) is 0 Å². The zero-order valence-electron chi connectivity index (χ0n) is 18.1. The molecular formula is C26H27NO4S. The van der Waals surface area contributed by atoms with Crippen LogP contribution in [-0.2, 0) is 11.3 Å². The summed E-state index contributed by atoms with van der Waals surface area (Å²) in [6, 6.07) is 19.6. The third-order valence-corrected chi connectivity index (χ3v) is 6.92. The molecule has 5 nitrogen and oxygen atoms in total. The molecule has 166 valence electrons. The Bertz CT molecular complexity index is 1090. The molecule has 0 unspecified atom stereocenters. The van der Waals surface area contributed by atoms with Gasteiger partial charge in [0, 0.05) is 11.3 Å². The summed E-state index contributed by atoms with van der Waals surface area (Å²) in [7, 11) is 0. The van der Waals surface area contributed by atoms with Crippen LogP contribution in [-0.4, -0.2) is 17.2 Å². The number of nitrogens with zero attached hydrogens (tertiary/aromatic N) is 1. The molecule has 4 rings (SSSR count). The summed E-state index contributed by atoms with van der Waals surface area (Å²) < 4.78 is 5.15. The van der Waals surface area contributed by atoms with E-state index in [-0.39, 0.29) is 11.0 Å². The Balaban J connectivity index is 1.73. The molecule has 1 heterocycles. The average molecular weight is 450 g/mol. The molecule has 32 heavy (non-hydrogen) atoms. The highest BCUT2D eigenvalue weighted by molar-refractivity contribution is 7.18. The van der Waals surface area contributed by atoms with Crippen LogP contribution in [0.5, 0.6) is 5.06 Å². The van der Waals surface area contributed by atoms with E-state index in [1.165, 1.54) is 24.2 Å². The van der Waals surface area contributed by atoms with Crippen LogP contribution in [0.15, 0.2) is 60.7 Å². The second kappa shape index (κ2) is 10.0. The fraction of sp³-hybridized carbons (Fsp3) is 0.308. The number of rotatable bonds is 7. The molecule has 0 atom stereocenters. The van der Waals surface area contributed by atoms with E-state index in [1.807, 2.05) is 61.5 Å². The van der Waals surface area contributed by atoms with Gasteiger partial charge in [0.05, 0.1) is 12.2 Å². The highest BCUT2D eigenvalue weighted by atomic mass is 32.1. The molecule has 6 heteroatoms. The lowest BCUT2D eigenvalue weighted by Gasteiger charge is -2.24. The molecule has 1 aromatic heterocycles. The minimum Gasteiger partial charge on any atom is -0.449 e. The Hall–Kier alpha value is -3.12. The maximum atomic E-state index is 13.5. The maximum Gasteiger partial charge on any atom is 0.512 e. The van der Waals surface area contributed by atoms with Crippen LogP contribution in [0.25, 0.3) is 10.4 Å². The van der Waals surface area contributed by atoms with Crippen molar-refractivity contribution in [2.24, 2.45) is 5.92 Å². The largest absolute Gasteiger partial charge is 0.512 e. The Morgan fingerprint density at radius 2 is 1.81 bits per heavy atom. The molecule has 0 bridgehead atoms. The summed E-state index contributed by atoms with van der Waals surface area (Å²) in [6.07, 6.45) is 3.56. The molecule has 1 aliphatic carbocycles. The van der Waals surface area contributed by atoms with Crippen molar-refractivity contribution in [2.45, 2.75) is 45.6 Å². The first-order valence-electron chi connectivity index (χ1n) is 11.0. The third-order valence-electron chi connectivity index (χ3n) is 5.87. The number of aryl methyl sites for hydroxylation is 1. The normalized spacial score (nSPS) is 13.8. The van der Waals surface area contributed by atoms with E-state index in [0.29, 0.717) is 24.6 Å². The van der Waals surface area contributed by atoms with Crippen LogP contribution in [0.3, 0.4) is 0 Å². The number of hydrogen-bond acceptors (Lipinski definition) is 4. The lowest BCUT2D eigenvalue weighted by atomic mass is 10.0. The Kier molecular flexibility index (Phi) is 6.90. The maximum absolute atomic E-state index is 13.5. The minimum absolute atomic E-state index is 0.00561. The first kappa shape index (κ1) is 22.1. The van der Waals surface area contributed by atoms with E-state index in [2.05, 4.69) is 6.07 Å². The van der Waals surface area contributed by atoms with Crippen LogP contribution in [0.2, 0.25) is 0 Å². The molecule has 2 aromatic carbocycles. The molecule has 1 amide bonds. The molecule has 0 aliphatic heterocycles. The predicted octanol–water partition coefficient (Wildman–Crippen LogP) is 6.89. The van der Waals surface area contributed by atoms with Gasteiger partial charge in [-0.25, -0.2) is 4.79 Å². The van der Waals surface area contributed by atoms with Crippen molar-refractivity contribution < 1.29 is 19.4 Å². The van der Waals surface area contributed by atoms with Gasteiger partial charge in [-0.2, -0.15) is 0 Å². The van der Waals surface area contributed by atoms with E-state index >= 15 is 0 Å². The van der Waals surface area contributed by atoms with Crippen molar-refractivity contribution in [3.63, 3.8) is 0 Å². The van der Waals surface area contributed by atoms with Crippen molar-refractivity contribution in [1.29, 1.82) is 0 Å². The van der Waals surface area contributed by atoms with Crippen LogP contribution in [0.1, 0.15) is 43.2 Å². The minimum atomic E-state index is -1.38. The molecule has 1 aliphatic rings. The quantitative estimate of drug-likeness (QED) is 0.399. The van der Waals surface area contributed by atoms with Crippen molar-refractivity contribution >= 4 is 29.1 Å². The third kappa shape index (κ3) is 5.37. The molecule has 0 radical (unpaired) electrons. The number of carbonyl (C=O) groups excluding carboxylic acids is 1. The lowest BCUT2D eigenvalue weighted by Crippen LogP contribution is -2.31. The highest BCUT2D eigenvalue weighted by Gasteiger charge is 2.28. The molecule has 1 fully saturated rings. The van der Waals surface area contributed by atoms with Crippen molar-refractivity contribution in [3.8, 4) is 15.5 Å². The van der Waals surface area contributed by atoms with Gasteiger partial charge < -0.3 is 14.7 Å². The number of carbonyl (C=O) groups is 2. The lowest BCUT2D eigenvalue weighted by molar-refractivity contribution is -0.119. The SMILES string of the molecule is Cc1cccc(CN(C(=O)CC2CCCC2)c2cc(-c3ccccc3)sc2OC(=O)O)c1. The summed E-state index contributed by atoms with van der Waals surface area (Å²) in [4.78, 5) is 27.5. The molecule has 0 saturated heterocycles. The van der Waals surface area contributed by atoms with Crippen molar-refractivity contribution in [1.82, 2.24) is 0 Å². The fourth-order valence-electron chi connectivity index (χ4n) is 4.32. The van der Waals surface area contributed by atoms with Crippen LogP contribution >= 0.6 is 11.3 Å². The van der Waals surface area contributed by atoms with Gasteiger partial charge in [0.15, 0.2) is 0 Å². The number of hydrogen-bond donors (Lipinski definition) is 1. The van der Waals surface area contributed by atoms with E-state index in [4.69, 9.17) is 4.74 Å². The second-order valence-corrected chi connectivity index (χ2v) is 9.36. The van der Waals surface area contributed by atoms with Crippen LogP contribution < -0.4 is 9.64 Å². The monoisotopic (exact) mass is 449 g/mol. The van der Waals surface area contributed by atoms with Gasteiger partial charge in [0.2, 0.25) is 11.0 Å². The summed E-state index contributed by atoms with van der Waals surface area (Å²) in [5, 5.41) is 9.55. The molecular weight excluding hydrogens is 422 g/mol. The van der Waals surface area contributed by atoms with Crippen molar-refractivity contribution in [3.05, 3.63) is 71.8 Å². The Labute approximate surface area is 192 Å². The second-order valence-electron chi connectivity index (χ2n) is 8.34. The van der Waals surface area contributed by atoms with E-state index in [0.717, 1.165) is 34.4 Å². The fourth-order valence-corrected chi connectivity index (χ4v) is 5.33. The first-order chi connectivity index (χ1) is 15.5. The molecule has 3 aromatic rings. The smallest absolute Gasteiger partial charge is 0.449 e. The number of amides is 1. The van der Waals surface area contributed by atoms with Crippen molar-refractivity contribution in [2.75, 3.05) is 4.90 Å². The number of benzene rings is 2. The molecule has 1 saturated carbocycles. The van der Waals surface area contributed by atoms with Gasteiger partial charge >= 0.3 is 6.16 Å². The van der Waals surface area contributed by atoms with Gasteiger partial charge in [-0.3, -0.25) is 4.79 Å². The summed E-state index contributed by atoms with van der Waals surface area (Å²) in [6.45, 7) is 2.39. The number of thiophene rings is 1. The Morgan fingerprint density at radius 3 is 2.50 bits per heavy atom. The number of ether oxygens (including phenoxy) is 1. The predicted molar refractivity (Wildman–Crippen MR) is 127 cm³/mol. The highest BCUT2D eigenvalue weighted by Crippen LogP contribution is 2.44. The number of anilines is 1. The number of carboxylic acid groups (broad SMARTS) is 1. The van der Waals surface area contributed by atoms with E-state index < -0.39 is 6.16 Å². The molecule has 1 N–H and O–H groups in total. The molecule has 0 spiro atoms. The van der Waals surface area contributed by atoms with Gasteiger partial charge in [0.1, 0.15) is 0 Å². The van der Waals surface area contributed by atoms with Crippen LogP contribution in [0, 0.1) is 12.8 Å². The van der Waals surface area contributed by atoms with Gasteiger partial charge in [0.25, 0.3) is 0 Å². The topological polar surface area (TPSA) is 66.8 Å². The summed E-state index contributed by atoms with van der Waals surface area (Å²) >= 11 is 1.25. The summed E-state index contributed by atoms with van der Waals surface area (Å²) in [5.41, 5.74) is 3.58. The van der Waals surface area contributed by atoms with E-state index in [1.54, 1.807) is 4.90 Å². The average Bonchev–Trinajstić information content (AvgIpc) is 3.42. The van der Waals surface area contributed by atoms with E-state index in [9.17, 15) is 14.7 Å². The Morgan fingerprint density at radius 1 is 1.06 bits per heavy atom. The van der Waals surface area contributed by atoms with Gasteiger partial charge in [-0.05, 0) is 42.9 Å². The summed E-state index contributed by atoms with van der Waals surface area (Å²) in [5.74, 6) is 0.393. The van der Waals surface area contributed by atoms with Gasteiger partial charge in [-0.1, -0.05) is 84.3 Å². The zero-order chi connectivity index (χ0) is 22.5. The zero-order valence-corrected chi connectivity index (χ0v) is 18.9. The standard InChI is InChI=1S/C26H27NO4S/c1-18-8-7-11-20(14-18)17-27(24(28)15-19-9-5-6-10-19)22-16-23(21-12-3-2-4-13-21)32-25(22)31-26(29)30/h2-4,7-8,11-14,16,19H,5-6,9-10,15,17H2,1H3,(H,29,30). The van der Waals surface area contributed by atoms with Crippen LogP contribution in [0.4, 0.5) is 10.5 Å². The first-order valence-corrected chi connectivity index (χ1v) is 11.8.